The van der Waals surface area contributed by atoms with Crippen molar-refractivity contribution in [2.24, 2.45) is 7.05 Å². The molecule has 2 aromatic heterocycles. The summed E-state index contributed by atoms with van der Waals surface area (Å²) in [6, 6.07) is -0.219. The second-order valence-corrected chi connectivity index (χ2v) is 5.23. The molecular formula is C13H17N5O4. The van der Waals surface area contributed by atoms with Crippen LogP contribution in [0.15, 0.2) is 17.0 Å². The molecule has 2 aromatic rings. The van der Waals surface area contributed by atoms with Crippen molar-refractivity contribution in [3.05, 3.63) is 23.8 Å². The summed E-state index contributed by atoms with van der Waals surface area (Å²) < 4.78 is 17.6. The highest BCUT2D eigenvalue weighted by Crippen LogP contribution is 2.20. The Hall–Kier alpha value is -2.42. The van der Waals surface area contributed by atoms with Crippen molar-refractivity contribution in [3.8, 4) is 5.75 Å². The average molecular weight is 307 g/mol. The largest absolute Gasteiger partial charge is 0.482 e. The van der Waals surface area contributed by atoms with E-state index in [-0.39, 0.29) is 23.7 Å². The van der Waals surface area contributed by atoms with Crippen molar-refractivity contribution < 1.29 is 18.9 Å². The number of hydrogen-bond donors (Lipinski definition) is 0. The molecule has 1 fully saturated rings. The Balaban J connectivity index is 1.72. The van der Waals surface area contributed by atoms with Gasteiger partial charge in [0.25, 0.3) is 5.91 Å². The Morgan fingerprint density at radius 2 is 2.27 bits per heavy atom. The van der Waals surface area contributed by atoms with Crippen molar-refractivity contribution in [2.45, 2.75) is 19.1 Å². The standard InChI is InChI=1S/C13H17N5O4/c1-8-12(16-22-15-8)13(19)18(3)10-6-20-7-11(10)21-9-4-14-17(2)5-9/h4-5,10-11H,6-7H2,1-3H3/t10-,11+/m0/s1. The number of rotatable bonds is 4. The maximum absolute atomic E-state index is 12.5. The number of carbonyl (C=O) groups is 1. The zero-order valence-electron chi connectivity index (χ0n) is 12.6. The van der Waals surface area contributed by atoms with Crippen LogP contribution in [0.5, 0.6) is 5.75 Å². The first-order valence-electron chi connectivity index (χ1n) is 6.85. The minimum atomic E-state index is -0.269. The van der Waals surface area contributed by atoms with Crippen LogP contribution in [0.25, 0.3) is 0 Å². The SMILES string of the molecule is Cc1nonc1C(=O)N(C)[C@H]1COC[C@H]1Oc1cnn(C)c1. The van der Waals surface area contributed by atoms with Gasteiger partial charge in [-0.05, 0) is 12.1 Å². The molecule has 1 amide bonds. The Labute approximate surface area is 126 Å². The minimum Gasteiger partial charge on any atom is -0.482 e. The highest BCUT2D eigenvalue weighted by atomic mass is 16.6. The molecule has 0 bridgehead atoms. The smallest absolute Gasteiger partial charge is 0.278 e. The molecule has 0 radical (unpaired) electrons. The van der Waals surface area contributed by atoms with Gasteiger partial charge in [-0.25, -0.2) is 4.63 Å². The molecule has 0 unspecified atom stereocenters. The van der Waals surface area contributed by atoms with E-state index in [1.807, 2.05) is 7.05 Å². The Bertz CT molecular complexity index is 667. The third-order valence-electron chi connectivity index (χ3n) is 3.64. The van der Waals surface area contributed by atoms with Crippen LogP contribution in [0.2, 0.25) is 0 Å². The first kappa shape index (κ1) is 14.5. The highest BCUT2D eigenvalue weighted by molar-refractivity contribution is 5.93. The number of ether oxygens (including phenoxy) is 2. The van der Waals surface area contributed by atoms with Crippen LogP contribution in [-0.2, 0) is 11.8 Å². The summed E-state index contributed by atoms with van der Waals surface area (Å²) in [5.74, 6) is 0.372. The van der Waals surface area contributed by atoms with Crippen molar-refractivity contribution in [2.75, 3.05) is 20.3 Å². The van der Waals surface area contributed by atoms with Gasteiger partial charge in [-0.15, -0.1) is 0 Å². The van der Waals surface area contributed by atoms with Crippen molar-refractivity contribution in [3.63, 3.8) is 0 Å². The summed E-state index contributed by atoms with van der Waals surface area (Å²) in [5, 5.41) is 11.3. The molecule has 1 saturated heterocycles. The molecule has 9 nitrogen and oxygen atoms in total. The van der Waals surface area contributed by atoms with Gasteiger partial charge in [-0.3, -0.25) is 9.48 Å². The molecule has 2 atom stereocenters. The predicted octanol–water partition coefficient (Wildman–Crippen LogP) is 0.0299. The Morgan fingerprint density at radius 1 is 1.45 bits per heavy atom. The number of likely N-dealkylation sites (N-methyl/N-ethyl adjacent to an activating group) is 1. The van der Waals surface area contributed by atoms with Gasteiger partial charge in [-0.2, -0.15) is 5.10 Å². The second-order valence-electron chi connectivity index (χ2n) is 5.23. The van der Waals surface area contributed by atoms with Gasteiger partial charge in [0.05, 0.1) is 31.6 Å². The lowest BCUT2D eigenvalue weighted by atomic mass is 10.1. The van der Waals surface area contributed by atoms with E-state index in [4.69, 9.17) is 9.47 Å². The quantitative estimate of drug-likeness (QED) is 0.786. The predicted molar refractivity (Wildman–Crippen MR) is 73.4 cm³/mol. The molecule has 0 N–H and O–H groups in total. The van der Waals surface area contributed by atoms with E-state index in [0.29, 0.717) is 24.7 Å². The average Bonchev–Trinajstić information content (AvgIpc) is 3.20. The highest BCUT2D eigenvalue weighted by Gasteiger charge is 2.37. The third-order valence-corrected chi connectivity index (χ3v) is 3.64. The Morgan fingerprint density at radius 3 is 2.91 bits per heavy atom. The van der Waals surface area contributed by atoms with Crippen LogP contribution in [0.4, 0.5) is 0 Å². The van der Waals surface area contributed by atoms with Crippen LogP contribution in [0.3, 0.4) is 0 Å². The van der Waals surface area contributed by atoms with Gasteiger partial charge >= 0.3 is 0 Å². The van der Waals surface area contributed by atoms with Crippen LogP contribution in [0, 0.1) is 6.92 Å². The molecule has 9 heteroatoms. The maximum atomic E-state index is 12.5. The van der Waals surface area contributed by atoms with Crippen molar-refractivity contribution in [1.29, 1.82) is 0 Å². The van der Waals surface area contributed by atoms with Crippen molar-refractivity contribution >= 4 is 5.91 Å². The molecule has 118 valence electrons. The summed E-state index contributed by atoms with van der Waals surface area (Å²) in [7, 11) is 3.50. The van der Waals surface area contributed by atoms with Gasteiger partial charge in [0.15, 0.2) is 11.4 Å². The van der Waals surface area contributed by atoms with E-state index in [2.05, 4.69) is 20.0 Å². The normalized spacial score (nSPS) is 21.0. The van der Waals surface area contributed by atoms with E-state index >= 15 is 0 Å². The first-order chi connectivity index (χ1) is 10.6. The van der Waals surface area contributed by atoms with Crippen LogP contribution in [-0.4, -0.2) is 63.3 Å². The lowest BCUT2D eigenvalue weighted by Gasteiger charge is -2.27. The number of aryl methyl sites for hydroxylation is 2. The number of nitrogens with zero attached hydrogens (tertiary/aromatic N) is 5. The molecule has 22 heavy (non-hydrogen) atoms. The second kappa shape index (κ2) is 5.76. The van der Waals surface area contributed by atoms with Crippen molar-refractivity contribution in [1.82, 2.24) is 25.0 Å². The van der Waals surface area contributed by atoms with Gasteiger partial charge < -0.3 is 14.4 Å². The third kappa shape index (κ3) is 2.67. The summed E-state index contributed by atoms with van der Waals surface area (Å²) in [6.45, 7) is 2.48. The molecular weight excluding hydrogens is 290 g/mol. The Kier molecular flexibility index (Phi) is 3.80. The lowest BCUT2D eigenvalue weighted by Crippen LogP contribution is -2.46. The van der Waals surface area contributed by atoms with Gasteiger partial charge in [0, 0.05) is 14.1 Å². The van der Waals surface area contributed by atoms with Gasteiger partial charge in [0.1, 0.15) is 11.8 Å². The van der Waals surface area contributed by atoms with Gasteiger partial charge in [0.2, 0.25) is 0 Å². The minimum absolute atomic E-state index is 0.203. The first-order valence-corrected chi connectivity index (χ1v) is 6.85. The number of amides is 1. The van der Waals surface area contributed by atoms with E-state index in [0.717, 1.165) is 0 Å². The molecule has 0 spiro atoms. The molecule has 0 saturated carbocycles. The van der Waals surface area contributed by atoms with E-state index in [1.54, 1.807) is 35.9 Å². The summed E-state index contributed by atoms with van der Waals surface area (Å²) >= 11 is 0. The van der Waals surface area contributed by atoms with E-state index in [9.17, 15) is 4.79 Å². The fourth-order valence-corrected chi connectivity index (χ4v) is 2.37. The van der Waals surface area contributed by atoms with Gasteiger partial charge in [-0.1, -0.05) is 5.16 Å². The van der Waals surface area contributed by atoms with Crippen LogP contribution in [0.1, 0.15) is 16.2 Å². The summed E-state index contributed by atoms with van der Waals surface area (Å²) in [4.78, 5) is 14.0. The van der Waals surface area contributed by atoms with E-state index < -0.39 is 0 Å². The monoisotopic (exact) mass is 307 g/mol. The summed E-state index contributed by atoms with van der Waals surface area (Å²) in [6.07, 6.45) is 3.13. The number of carbonyl (C=O) groups excluding carboxylic acids is 1. The zero-order valence-corrected chi connectivity index (χ0v) is 12.6. The molecule has 3 rings (SSSR count). The topological polar surface area (TPSA) is 95.5 Å². The van der Waals surface area contributed by atoms with Crippen LogP contribution < -0.4 is 4.74 Å². The number of aromatic nitrogens is 4. The molecule has 1 aliphatic heterocycles. The maximum Gasteiger partial charge on any atom is 0.278 e. The molecule has 0 aliphatic carbocycles. The fourth-order valence-electron chi connectivity index (χ4n) is 2.37. The lowest BCUT2D eigenvalue weighted by molar-refractivity contribution is 0.0610. The summed E-state index contributed by atoms with van der Waals surface area (Å²) in [5.41, 5.74) is 0.662. The zero-order chi connectivity index (χ0) is 15.7. The van der Waals surface area contributed by atoms with E-state index in [1.165, 1.54) is 0 Å². The number of hydrogen-bond acceptors (Lipinski definition) is 7. The van der Waals surface area contributed by atoms with Crippen LogP contribution >= 0.6 is 0 Å². The molecule has 3 heterocycles. The fraction of sp³-hybridized carbons (Fsp3) is 0.538. The molecule has 0 aromatic carbocycles. The molecule has 1 aliphatic rings.